The molecule has 0 atom stereocenters. The second-order valence-corrected chi connectivity index (χ2v) is 9.37. The molecule has 36 heavy (non-hydrogen) atoms. The second kappa shape index (κ2) is 11.8. The molecule has 3 aromatic rings. The molecule has 1 aliphatic heterocycles. The van der Waals surface area contributed by atoms with Gasteiger partial charge >= 0.3 is 5.97 Å². The van der Waals surface area contributed by atoms with E-state index in [1.807, 2.05) is 54.6 Å². The molecule has 0 saturated carbocycles. The Morgan fingerprint density at radius 1 is 0.944 bits per heavy atom. The fourth-order valence-corrected chi connectivity index (χ4v) is 4.61. The predicted molar refractivity (Wildman–Crippen MR) is 147 cm³/mol. The number of benzene rings is 3. The monoisotopic (exact) mass is 499 g/mol. The summed E-state index contributed by atoms with van der Waals surface area (Å²) in [5.41, 5.74) is 5.18. The number of esters is 1. The lowest BCUT2D eigenvalue weighted by atomic mass is 10.1. The number of ether oxygens (including phenoxy) is 2. The van der Waals surface area contributed by atoms with Crippen LogP contribution in [0.3, 0.4) is 0 Å². The van der Waals surface area contributed by atoms with Crippen molar-refractivity contribution in [2.75, 3.05) is 6.61 Å². The highest BCUT2D eigenvalue weighted by Crippen LogP contribution is 2.40. The number of hydrogen-bond donors (Lipinski definition) is 1. The minimum absolute atomic E-state index is 0.0886. The van der Waals surface area contributed by atoms with E-state index in [9.17, 15) is 9.90 Å². The Labute approximate surface area is 216 Å². The van der Waals surface area contributed by atoms with Gasteiger partial charge in [0.1, 0.15) is 28.7 Å². The van der Waals surface area contributed by atoms with Crippen LogP contribution in [0.25, 0.3) is 6.08 Å². The molecule has 0 radical (unpaired) electrons. The van der Waals surface area contributed by atoms with E-state index in [1.54, 1.807) is 6.92 Å². The molecule has 4 rings (SSSR count). The normalized spacial score (nSPS) is 15.5. The maximum Gasteiger partial charge on any atom is 0.344 e. The van der Waals surface area contributed by atoms with E-state index < -0.39 is 5.97 Å². The van der Waals surface area contributed by atoms with Gasteiger partial charge in [0.25, 0.3) is 0 Å². The molecule has 5 nitrogen and oxygen atoms in total. The number of aliphatic hydroxyl groups excluding tert-OH is 1. The summed E-state index contributed by atoms with van der Waals surface area (Å²) in [4.78, 5) is 17.8. The molecule has 184 valence electrons. The summed E-state index contributed by atoms with van der Waals surface area (Å²) < 4.78 is 11.1. The molecule has 1 aliphatic rings. The lowest BCUT2D eigenvalue weighted by Gasteiger charge is -2.07. The lowest BCUT2D eigenvalue weighted by Crippen LogP contribution is -2.12. The zero-order chi connectivity index (χ0) is 25.5. The molecule has 0 aliphatic carbocycles. The van der Waals surface area contributed by atoms with Crippen LogP contribution in [-0.2, 0) is 22.6 Å². The van der Waals surface area contributed by atoms with Crippen LogP contribution >= 0.6 is 11.8 Å². The largest absolute Gasteiger partial charge is 0.506 e. The van der Waals surface area contributed by atoms with Crippen molar-refractivity contribution in [1.82, 2.24) is 0 Å². The number of aryl methyl sites for hydroxylation is 2. The van der Waals surface area contributed by atoms with Gasteiger partial charge in [-0.25, -0.2) is 9.79 Å². The van der Waals surface area contributed by atoms with Crippen molar-refractivity contribution in [2.45, 2.75) is 33.8 Å². The van der Waals surface area contributed by atoms with Gasteiger partial charge in [0.2, 0.25) is 0 Å². The average molecular weight is 500 g/mol. The number of aliphatic hydroxyl groups is 1. The molecular formula is C30H29NO4S. The molecule has 0 aromatic heterocycles. The maximum absolute atomic E-state index is 12.6. The quantitative estimate of drug-likeness (QED) is 0.329. The number of nitrogens with zero attached hydrogens (tertiary/aromatic N) is 1. The molecule has 6 heteroatoms. The van der Waals surface area contributed by atoms with Crippen LogP contribution in [-0.4, -0.2) is 22.7 Å². The Morgan fingerprint density at radius 2 is 1.61 bits per heavy atom. The lowest BCUT2D eigenvalue weighted by molar-refractivity contribution is -0.138. The zero-order valence-electron chi connectivity index (χ0n) is 20.7. The van der Waals surface area contributed by atoms with Gasteiger partial charge < -0.3 is 14.6 Å². The van der Waals surface area contributed by atoms with Gasteiger partial charge in [-0.1, -0.05) is 72.8 Å². The third kappa shape index (κ3) is 6.26. The van der Waals surface area contributed by atoms with Crippen LogP contribution in [0.5, 0.6) is 5.75 Å². The van der Waals surface area contributed by atoms with Gasteiger partial charge in [-0.2, -0.15) is 0 Å². The highest BCUT2D eigenvalue weighted by molar-refractivity contribution is 8.18. The van der Waals surface area contributed by atoms with Crippen LogP contribution in [0.4, 0.5) is 5.69 Å². The fraction of sp³-hybridized carbons (Fsp3) is 0.200. The highest BCUT2D eigenvalue weighted by Gasteiger charge is 2.33. The third-order valence-electron chi connectivity index (χ3n) is 5.65. The first kappa shape index (κ1) is 25.3. The first-order valence-electron chi connectivity index (χ1n) is 11.9. The minimum atomic E-state index is -0.588. The van der Waals surface area contributed by atoms with Gasteiger partial charge in [0.15, 0.2) is 0 Å². The third-order valence-corrected chi connectivity index (χ3v) is 6.67. The molecule has 0 amide bonds. The van der Waals surface area contributed by atoms with Crippen molar-refractivity contribution in [3.63, 3.8) is 0 Å². The van der Waals surface area contributed by atoms with Gasteiger partial charge in [-0.05, 0) is 67.3 Å². The van der Waals surface area contributed by atoms with Crippen LogP contribution < -0.4 is 4.74 Å². The number of thioether (sulfide) groups is 1. The molecular weight excluding hydrogens is 470 g/mol. The second-order valence-electron chi connectivity index (χ2n) is 8.33. The number of rotatable bonds is 8. The van der Waals surface area contributed by atoms with Crippen molar-refractivity contribution < 1.29 is 19.4 Å². The highest BCUT2D eigenvalue weighted by atomic mass is 32.2. The molecule has 1 N–H and O–H groups in total. The van der Waals surface area contributed by atoms with Crippen LogP contribution in [0.2, 0.25) is 0 Å². The van der Waals surface area contributed by atoms with Crippen molar-refractivity contribution in [3.8, 4) is 5.75 Å². The van der Waals surface area contributed by atoms with Crippen molar-refractivity contribution in [3.05, 3.63) is 111 Å². The number of hydrogen-bond acceptors (Lipinski definition) is 6. The maximum atomic E-state index is 12.6. The van der Waals surface area contributed by atoms with E-state index in [2.05, 4.69) is 43.1 Å². The first-order valence-corrected chi connectivity index (χ1v) is 12.7. The number of carbonyl (C=O) groups is 1. The van der Waals surface area contributed by atoms with Crippen LogP contribution in [0.1, 0.15) is 36.1 Å². The average Bonchev–Trinajstić information content (AvgIpc) is 3.19. The summed E-state index contributed by atoms with van der Waals surface area (Å²) in [7, 11) is 0. The SMILES string of the molecule is CCOC(=O)C1=C(O)/C(=C/c2ccc(OCc3ccc(C)cc3)cc2)SC1=Nc1ccc(CC)cc1. The Kier molecular flexibility index (Phi) is 8.28. The fourth-order valence-electron chi connectivity index (χ4n) is 3.58. The first-order chi connectivity index (χ1) is 17.5. The minimum Gasteiger partial charge on any atom is -0.506 e. The molecule has 3 aromatic carbocycles. The van der Waals surface area contributed by atoms with Crippen LogP contribution in [0.15, 0.2) is 94.0 Å². The summed E-state index contributed by atoms with van der Waals surface area (Å²) >= 11 is 1.25. The van der Waals surface area contributed by atoms with Gasteiger partial charge in [0, 0.05) is 0 Å². The Bertz CT molecular complexity index is 1300. The van der Waals surface area contributed by atoms with E-state index in [0.717, 1.165) is 23.3 Å². The number of aliphatic imine (C=N–C) groups is 1. The molecule has 0 unspecified atom stereocenters. The van der Waals surface area contributed by atoms with Crippen molar-refractivity contribution >= 4 is 34.5 Å². The summed E-state index contributed by atoms with van der Waals surface area (Å²) in [5, 5.41) is 11.3. The van der Waals surface area contributed by atoms with Gasteiger partial charge in [0.05, 0.1) is 17.2 Å². The molecule has 0 saturated heterocycles. The topological polar surface area (TPSA) is 68.1 Å². The molecule has 1 heterocycles. The van der Waals surface area contributed by atoms with Crippen molar-refractivity contribution in [1.29, 1.82) is 0 Å². The Morgan fingerprint density at radius 3 is 2.25 bits per heavy atom. The Balaban J connectivity index is 1.54. The van der Waals surface area contributed by atoms with E-state index in [0.29, 0.717) is 22.2 Å². The van der Waals surface area contributed by atoms with Gasteiger partial charge in [-0.15, -0.1) is 0 Å². The van der Waals surface area contributed by atoms with Crippen molar-refractivity contribution in [2.24, 2.45) is 4.99 Å². The van der Waals surface area contributed by atoms with E-state index >= 15 is 0 Å². The van der Waals surface area contributed by atoms with E-state index in [-0.39, 0.29) is 17.9 Å². The predicted octanol–water partition coefficient (Wildman–Crippen LogP) is 7.33. The zero-order valence-corrected chi connectivity index (χ0v) is 21.5. The van der Waals surface area contributed by atoms with E-state index in [1.165, 1.54) is 22.9 Å². The van der Waals surface area contributed by atoms with E-state index in [4.69, 9.17) is 9.47 Å². The van der Waals surface area contributed by atoms with Gasteiger partial charge in [-0.3, -0.25) is 0 Å². The molecule has 0 bridgehead atoms. The smallest absolute Gasteiger partial charge is 0.344 e. The number of carbonyl (C=O) groups excluding carboxylic acids is 1. The standard InChI is InChI=1S/C30H29NO4S/c1-4-21-10-14-24(15-11-21)31-29-27(30(33)34-5-2)28(32)26(36-29)18-22-12-16-25(17-13-22)35-19-23-8-6-20(3)7-9-23/h6-18,32H,4-5,19H2,1-3H3/b26-18-,31-29?. The summed E-state index contributed by atoms with van der Waals surface area (Å²) in [6, 6.07) is 23.7. The molecule has 0 spiro atoms. The van der Waals surface area contributed by atoms with Crippen LogP contribution in [0, 0.1) is 6.92 Å². The Hall–Kier alpha value is -3.77. The summed E-state index contributed by atoms with van der Waals surface area (Å²) in [6.07, 6.45) is 2.76. The summed E-state index contributed by atoms with van der Waals surface area (Å²) in [5.74, 6) is 0.0401. The molecule has 0 fully saturated rings. The summed E-state index contributed by atoms with van der Waals surface area (Å²) in [6.45, 7) is 6.58.